The van der Waals surface area contributed by atoms with Gasteiger partial charge in [-0.15, -0.1) is 0 Å². The molecule has 2 amide bonds. The second-order valence-electron chi connectivity index (χ2n) is 12.0. The van der Waals surface area contributed by atoms with Crippen molar-refractivity contribution in [1.29, 1.82) is 0 Å². The normalized spacial score (nSPS) is 21.2. The third kappa shape index (κ3) is 6.76. The molecule has 37 heavy (non-hydrogen) atoms. The van der Waals surface area contributed by atoms with Crippen molar-refractivity contribution in [1.82, 2.24) is 15.6 Å². The molecule has 1 saturated carbocycles. The van der Waals surface area contributed by atoms with E-state index in [1.54, 1.807) is 17.3 Å². The quantitative estimate of drug-likeness (QED) is 0.595. The van der Waals surface area contributed by atoms with Gasteiger partial charge in [-0.05, 0) is 55.9 Å². The number of carbonyl (C=O) groups is 2. The fraction of sp³-hybridized carbons (Fsp3) is 0.567. The Labute approximate surface area is 221 Å². The van der Waals surface area contributed by atoms with Crippen LogP contribution < -0.4 is 15.5 Å². The first-order chi connectivity index (χ1) is 17.5. The van der Waals surface area contributed by atoms with Gasteiger partial charge in [0.1, 0.15) is 12.1 Å². The molecule has 2 N–H and O–H groups in total. The molecule has 200 valence electrons. The lowest BCUT2D eigenvalue weighted by Gasteiger charge is -2.39. The molecular formula is C30H42N4O3. The van der Waals surface area contributed by atoms with Crippen molar-refractivity contribution in [3.05, 3.63) is 59.9 Å². The highest BCUT2D eigenvalue weighted by molar-refractivity contribution is 6.04. The lowest BCUT2D eigenvalue weighted by Crippen LogP contribution is -2.59. The van der Waals surface area contributed by atoms with E-state index in [-0.39, 0.29) is 35.5 Å². The van der Waals surface area contributed by atoms with Crippen molar-refractivity contribution in [2.45, 2.75) is 95.9 Å². The molecule has 1 aliphatic heterocycles. The number of aromatic nitrogens is 1. The lowest BCUT2D eigenvalue weighted by molar-refractivity contribution is -0.132. The number of rotatable bonds is 6. The highest BCUT2D eigenvalue weighted by Gasteiger charge is 2.40. The fourth-order valence-corrected chi connectivity index (χ4v) is 5.12. The van der Waals surface area contributed by atoms with Crippen molar-refractivity contribution in [2.24, 2.45) is 0 Å². The summed E-state index contributed by atoms with van der Waals surface area (Å²) < 4.78 is 5.99. The molecular weight excluding hydrogens is 464 g/mol. The molecule has 2 aromatic rings. The Balaban J connectivity index is 1.73. The Morgan fingerprint density at radius 2 is 1.81 bits per heavy atom. The van der Waals surface area contributed by atoms with E-state index in [1.807, 2.05) is 50.2 Å². The first-order valence-corrected chi connectivity index (χ1v) is 13.6. The van der Waals surface area contributed by atoms with Gasteiger partial charge in [0, 0.05) is 36.2 Å². The number of hydrogen-bond acceptors (Lipinski definition) is 5. The van der Waals surface area contributed by atoms with Crippen molar-refractivity contribution in [2.75, 3.05) is 18.1 Å². The molecule has 2 heterocycles. The van der Waals surface area contributed by atoms with E-state index in [0.717, 1.165) is 31.2 Å². The average Bonchev–Trinajstić information content (AvgIpc) is 2.87. The number of nitrogens with zero attached hydrogens (tertiary/aromatic N) is 2. The Bertz CT molecular complexity index is 1050. The van der Waals surface area contributed by atoms with Gasteiger partial charge < -0.3 is 15.4 Å². The maximum atomic E-state index is 14.2. The van der Waals surface area contributed by atoms with Crippen LogP contribution in [0.4, 0.5) is 5.69 Å². The van der Waals surface area contributed by atoms with Gasteiger partial charge in [-0.2, -0.15) is 0 Å². The molecule has 1 aromatic carbocycles. The summed E-state index contributed by atoms with van der Waals surface area (Å²) in [7, 11) is 0. The molecule has 2 fully saturated rings. The summed E-state index contributed by atoms with van der Waals surface area (Å²) in [6, 6.07) is 10.4. The van der Waals surface area contributed by atoms with Crippen molar-refractivity contribution in [3.8, 4) is 0 Å². The number of amides is 2. The van der Waals surface area contributed by atoms with Crippen molar-refractivity contribution < 1.29 is 14.3 Å². The smallest absolute Gasteiger partial charge is 0.248 e. The summed E-state index contributed by atoms with van der Waals surface area (Å²) in [5.74, 6) is -0.364. The van der Waals surface area contributed by atoms with Crippen LogP contribution in [-0.2, 0) is 19.7 Å². The number of anilines is 1. The monoisotopic (exact) mass is 506 g/mol. The SMILES string of the molecule is CC1(C)CNC(C(=O)N(c2ccc(C(C)(C)C)cc2)C(C(=O)NC2CCCCC2)c2cccnc2)CO1. The summed E-state index contributed by atoms with van der Waals surface area (Å²) in [4.78, 5) is 34.1. The fourth-order valence-electron chi connectivity index (χ4n) is 5.12. The molecule has 0 bridgehead atoms. The van der Waals surface area contributed by atoms with E-state index < -0.39 is 12.1 Å². The van der Waals surface area contributed by atoms with Crippen LogP contribution in [-0.4, -0.2) is 47.6 Å². The van der Waals surface area contributed by atoms with Crippen LogP contribution in [0, 0.1) is 0 Å². The predicted molar refractivity (Wildman–Crippen MR) is 146 cm³/mol. The first kappa shape index (κ1) is 27.3. The maximum absolute atomic E-state index is 14.2. The zero-order valence-corrected chi connectivity index (χ0v) is 22.9. The van der Waals surface area contributed by atoms with E-state index in [2.05, 4.69) is 36.4 Å². The third-order valence-electron chi connectivity index (χ3n) is 7.42. The highest BCUT2D eigenvalue weighted by atomic mass is 16.5. The number of carbonyl (C=O) groups excluding carboxylic acids is 2. The van der Waals surface area contributed by atoms with Gasteiger partial charge >= 0.3 is 0 Å². The second-order valence-corrected chi connectivity index (χ2v) is 12.0. The van der Waals surface area contributed by atoms with Crippen LogP contribution in [0.25, 0.3) is 0 Å². The maximum Gasteiger partial charge on any atom is 0.248 e. The Morgan fingerprint density at radius 3 is 2.38 bits per heavy atom. The molecule has 2 aliphatic rings. The van der Waals surface area contributed by atoms with Gasteiger partial charge in [0.05, 0.1) is 12.2 Å². The van der Waals surface area contributed by atoms with Gasteiger partial charge in [0.15, 0.2) is 0 Å². The Morgan fingerprint density at radius 1 is 1.11 bits per heavy atom. The topological polar surface area (TPSA) is 83.6 Å². The van der Waals surface area contributed by atoms with Crippen LogP contribution >= 0.6 is 0 Å². The van der Waals surface area contributed by atoms with Crippen LogP contribution in [0.3, 0.4) is 0 Å². The zero-order valence-electron chi connectivity index (χ0n) is 22.9. The Hall–Kier alpha value is -2.77. The van der Waals surface area contributed by atoms with Crippen LogP contribution in [0.2, 0.25) is 0 Å². The molecule has 2 unspecified atom stereocenters. The standard InChI is InChI=1S/C30H42N4O3/c1-29(2,3)22-13-15-24(16-14-22)34(28(36)25-19-37-30(4,5)20-32-25)26(21-10-9-17-31-18-21)27(35)33-23-11-7-6-8-12-23/h9-10,13-18,23,25-26,32H,6-8,11-12,19-20H2,1-5H3,(H,33,35). The van der Waals surface area contributed by atoms with Gasteiger partial charge in [-0.3, -0.25) is 19.5 Å². The number of hydrogen-bond donors (Lipinski definition) is 2. The number of ether oxygens (including phenoxy) is 1. The Kier molecular flexibility index (Phi) is 8.34. The molecule has 0 spiro atoms. The summed E-state index contributed by atoms with van der Waals surface area (Å²) in [5, 5.41) is 6.62. The van der Waals surface area contributed by atoms with E-state index in [9.17, 15) is 9.59 Å². The van der Waals surface area contributed by atoms with Crippen molar-refractivity contribution in [3.63, 3.8) is 0 Å². The average molecular weight is 507 g/mol. The third-order valence-corrected chi connectivity index (χ3v) is 7.42. The summed E-state index contributed by atoms with van der Waals surface area (Å²) in [6.07, 6.45) is 8.72. The molecule has 7 heteroatoms. The second kappa shape index (κ2) is 11.3. The van der Waals surface area contributed by atoms with Crippen LogP contribution in [0.1, 0.15) is 83.9 Å². The van der Waals surface area contributed by atoms with E-state index >= 15 is 0 Å². The van der Waals surface area contributed by atoms with E-state index in [4.69, 9.17) is 4.74 Å². The number of morpholine rings is 1. The molecule has 7 nitrogen and oxygen atoms in total. The minimum atomic E-state index is -0.847. The van der Waals surface area contributed by atoms with E-state index in [1.165, 1.54) is 6.42 Å². The van der Waals surface area contributed by atoms with Gasteiger partial charge in [0.2, 0.25) is 11.8 Å². The van der Waals surface area contributed by atoms with Crippen LogP contribution in [0.15, 0.2) is 48.8 Å². The lowest BCUT2D eigenvalue weighted by atomic mass is 9.87. The van der Waals surface area contributed by atoms with Gasteiger partial charge in [-0.25, -0.2) is 0 Å². The summed E-state index contributed by atoms with van der Waals surface area (Å²) in [5.41, 5.74) is 2.14. The largest absolute Gasteiger partial charge is 0.372 e. The van der Waals surface area contributed by atoms with Crippen LogP contribution in [0.5, 0.6) is 0 Å². The number of pyridine rings is 1. The van der Waals surface area contributed by atoms with Gasteiger partial charge in [0.25, 0.3) is 0 Å². The molecule has 2 atom stereocenters. The number of nitrogens with one attached hydrogen (secondary N) is 2. The zero-order chi connectivity index (χ0) is 26.6. The molecule has 1 aliphatic carbocycles. The first-order valence-electron chi connectivity index (χ1n) is 13.6. The summed E-state index contributed by atoms with van der Waals surface area (Å²) in [6.45, 7) is 11.3. The minimum absolute atomic E-state index is 0.0289. The molecule has 0 radical (unpaired) electrons. The molecule has 4 rings (SSSR count). The predicted octanol–water partition coefficient (Wildman–Crippen LogP) is 4.67. The minimum Gasteiger partial charge on any atom is -0.372 e. The van der Waals surface area contributed by atoms with E-state index in [0.29, 0.717) is 17.8 Å². The molecule has 1 aromatic heterocycles. The molecule has 1 saturated heterocycles. The van der Waals surface area contributed by atoms with Gasteiger partial charge in [-0.1, -0.05) is 58.2 Å². The van der Waals surface area contributed by atoms with Crippen molar-refractivity contribution >= 4 is 17.5 Å². The number of benzene rings is 1. The summed E-state index contributed by atoms with van der Waals surface area (Å²) >= 11 is 0. The highest BCUT2D eigenvalue weighted by Crippen LogP contribution is 2.32.